The molecular weight excluding hydrogens is 232 g/mol. The first-order chi connectivity index (χ1) is 8.13. The zero-order chi connectivity index (χ0) is 12.7. The van der Waals surface area contributed by atoms with Gasteiger partial charge in [-0.3, -0.25) is 4.79 Å². The van der Waals surface area contributed by atoms with Crippen LogP contribution in [0.2, 0.25) is 0 Å². The molecule has 0 aliphatic heterocycles. The maximum atomic E-state index is 11.4. The fourth-order valence-corrected chi connectivity index (χ4v) is 2.25. The Morgan fingerprint density at radius 1 is 1.47 bits per heavy atom. The third kappa shape index (κ3) is 4.92. The number of rotatable bonds is 5. The Kier molecular flexibility index (Phi) is 5.58. The molecule has 0 spiro atoms. The SMILES string of the molecule is Cc1ccc(SCC(=O)NCCC#N)c(C)c1. The molecule has 0 bridgehead atoms. The normalized spacial score (nSPS) is 9.71. The summed E-state index contributed by atoms with van der Waals surface area (Å²) in [6, 6.07) is 8.18. The number of hydrogen-bond donors (Lipinski definition) is 1. The zero-order valence-corrected chi connectivity index (χ0v) is 10.9. The van der Waals surface area contributed by atoms with Crippen molar-refractivity contribution in [1.82, 2.24) is 5.32 Å². The van der Waals surface area contributed by atoms with Crippen LogP contribution in [-0.2, 0) is 4.79 Å². The van der Waals surface area contributed by atoms with Crippen LogP contribution in [0.25, 0.3) is 0 Å². The molecule has 0 heterocycles. The summed E-state index contributed by atoms with van der Waals surface area (Å²) in [5, 5.41) is 11.0. The number of aryl methyl sites for hydroxylation is 2. The molecule has 17 heavy (non-hydrogen) atoms. The Morgan fingerprint density at radius 2 is 2.24 bits per heavy atom. The molecule has 0 saturated carbocycles. The van der Waals surface area contributed by atoms with E-state index in [4.69, 9.17) is 5.26 Å². The van der Waals surface area contributed by atoms with Crippen molar-refractivity contribution in [2.24, 2.45) is 0 Å². The molecular formula is C13H16N2OS. The lowest BCUT2D eigenvalue weighted by Crippen LogP contribution is -2.25. The molecule has 1 amide bonds. The van der Waals surface area contributed by atoms with Crippen molar-refractivity contribution < 1.29 is 4.79 Å². The summed E-state index contributed by atoms with van der Waals surface area (Å²) in [5.74, 6) is 0.375. The second-order valence-corrected chi connectivity index (χ2v) is 4.83. The van der Waals surface area contributed by atoms with E-state index in [9.17, 15) is 4.79 Å². The van der Waals surface area contributed by atoms with Gasteiger partial charge in [0.2, 0.25) is 5.91 Å². The molecule has 0 aliphatic carbocycles. The predicted octanol–water partition coefficient (Wildman–Crippen LogP) is 2.43. The molecule has 1 aromatic carbocycles. The molecule has 90 valence electrons. The average Bonchev–Trinajstić information content (AvgIpc) is 2.28. The van der Waals surface area contributed by atoms with Gasteiger partial charge >= 0.3 is 0 Å². The van der Waals surface area contributed by atoms with E-state index < -0.39 is 0 Å². The minimum absolute atomic E-state index is 0.0229. The molecule has 3 nitrogen and oxygen atoms in total. The summed E-state index contributed by atoms with van der Waals surface area (Å²) < 4.78 is 0. The van der Waals surface area contributed by atoms with Gasteiger partial charge in [0, 0.05) is 11.4 Å². The highest BCUT2D eigenvalue weighted by Gasteiger charge is 2.04. The molecule has 0 fully saturated rings. The van der Waals surface area contributed by atoms with E-state index in [1.165, 1.54) is 22.9 Å². The van der Waals surface area contributed by atoms with E-state index in [1.807, 2.05) is 25.1 Å². The van der Waals surface area contributed by atoms with Crippen molar-refractivity contribution in [3.63, 3.8) is 0 Å². The zero-order valence-electron chi connectivity index (χ0n) is 10.1. The largest absolute Gasteiger partial charge is 0.354 e. The van der Waals surface area contributed by atoms with Gasteiger partial charge in [-0.25, -0.2) is 0 Å². The summed E-state index contributed by atoms with van der Waals surface area (Å²) in [6.07, 6.45) is 0.361. The number of amides is 1. The second kappa shape index (κ2) is 6.97. The number of hydrogen-bond acceptors (Lipinski definition) is 3. The fraction of sp³-hybridized carbons (Fsp3) is 0.385. The van der Waals surface area contributed by atoms with Crippen LogP contribution in [0.1, 0.15) is 17.5 Å². The number of carbonyl (C=O) groups is 1. The topological polar surface area (TPSA) is 52.9 Å². The van der Waals surface area contributed by atoms with E-state index in [2.05, 4.69) is 18.3 Å². The lowest BCUT2D eigenvalue weighted by Gasteiger charge is -2.06. The molecule has 0 saturated heterocycles. The first-order valence-electron chi connectivity index (χ1n) is 5.47. The number of thioether (sulfide) groups is 1. The van der Waals surface area contributed by atoms with Crippen LogP contribution in [0.15, 0.2) is 23.1 Å². The van der Waals surface area contributed by atoms with Crippen molar-refractivity contribution >= 4 is 17.7 Å². The standard InChI is InChI=1S/C13H16N2OS/c1-10-4-5-12(11(2)8-10)17-9-13(16)15-7-3-6-14/h4-5,8H,3,7,9H2,1-2H3,(H,15,16). The Bertz CT molecular complexity index is 438. The van der Waals surface area contributed by atoms with Crippen LogP contribution >= 0.6 is 11.8 Å². The van der Waals surface area contributed by atoms with Gasteiger partial charge in [0.1, 0.15) is 0 Å². The maximum Gasteiger partial charge on any atom is 0.230 e. The minimum Gasteiger partial charge on any atom is -0.354 e. The van der Waals surface area contributed by atoms with E-state index in [-0.39, 0.29) is 5.91 Å². The van der Waals surface area contributed by atoms with Gasteiger partial charge in [-0.15, -0.1) is 11.8 Å². The molecule has 1 N–H and O–H groups in total. The van der Waals surface area contributed by atoms with E-state index in [1.54, 1.807) is 0 Å². The Balaban J connectivity index is 2.40. The third-order valence-electron chi connectivity index (χ3n) is 2.25. The molecule has 0 unspecified atom stereocenters. The average molecular weight is 248 g/mol. The summed E-state index contributed by atoms with van der Waals surface area (Å²) in [7, 11) is 0. The molecule has 0 aliphatic rings. The first-order valence-corrected chi connectivity index (χ1v) is 6.45. The molecule has 0 radical (unpaired) electrons. The number of nitriles is 1. The van der Waals surface area contributed by atoms with E-state index in [0.29, 0.717) is 18.7 Å². The first kappa shape index (κ1) is 13.6. The quantitative estimate of drug-likeness (QED) is 0.643. The van der Waals surface area contributed by atoms with Crippen molar-refractivity contribution in [3.8, 4) is 6.07 Å². The van der Waals surface area contributed by atoms with Crippen LogP contribution in [0.5, 0.6) is 0 Å². The van der Waals surface area contributed by atoms with Crippen LogP contribution in [0.3, 0.4) is 0 Å². The highest BCUT2D eigenvalue weighted by atomic mass is 32.2. The van der Waals surface area contributed by atoms with Crippen molar-refractivity contribution in [2.75, 3.05) is 12.3 Å². The van der Waals surface area contributed by atoms with Gasteiger partial charge in [-0.2, -0.15) is 5.26 Å². The summed E-state index contributed by atoms with van der Waals surface area (Å²) in [4.78, 5) is 12.6. The highest BCUT2D eigenvalue weighted by molar-refractivity contribution is 8.00. The van der Waals surface area contributed by atoms with Crippen molar-refractivity contribution in [3.05, 3.63) is 29.3 Å². The Labute approximate surface area is 106 Å². The highest BCUT2D eigenvalue weighted by Crippen LogP contribution is 2.22. The van der Waals surface area contributed by atoms with Crippen LogP contribution < -0.4 is 5.32 Å². The Hall–Kier alpha value is -1.47. The molecule has 0 atom stereocenters. The summed E-state index contributed by atoms with van der Waals surface area (Å²) in [6.45, 7) is 4.53. The van der Waals surface area contributed by atoms with Crippen molar-refractivity contribution in [1.29, 1.82) is 5.26 Å². The van der Waals surface area contributed by atoms with Gasteiger partial charge in [0.15, 0.2) is 0 Å². The van der Waals surface area contributed by atoms with Gasteiger partial charge in [0.05, 0.1) is 18.2 Å². The number of nitrogens with zero attached hydrogens (tertiary/aromatic N) is 1. The lowest BCUT2D eigenvalue weighted by atomic mass is 10.2. The van der Waals surface area contributed by atoms with E-state index in [0.717, 1.165) is 4.90 Å². The van der Waals surface area contributed by atoms with Gasteiger partial charge in [-0.1, -0.05) is 17.7 Å². The third-order valence-corrected chi connectivity index (χ3v) is 3.42. The summed E-state index contributed by atoms with van der Waals surface area (Å²) in [5.41, 5.74) is 2.42. The van der Waals surface area contributed by atoms with Crippen molar-refractivity contribution in [2.45, 2.75) is 25.2 Å². The molecule has 0 aromatic heterocycles. The maximum absolute atomic E-state index is 11.4. The van der Waals surface area contributed by atoms with Crippen LogP contribution in [0, 0.1) is 25.2 Å². The van der Waals surface area contributed by atoms with Crippen LogP contribution in [-0.4, -0.2) is 18.2 Å². The summed E-state index contributed by atoms with van der Waals surface area (Å²) >= 11 is 1.53. The molecule has 1 aromatic rings. The Morgan fingerprint density at radius 3 is 2.88 bits per heavy atom. The van der Waals surface area contributed by atoms with Crippen LogP contribution in [0.4, 0.5) is 0 Å². The number of nitrogens with one attached hydrogen (secondary N) is 1. The van der Waals surface area contributed by atoms with Gasteiger partial charge in [-0.05, 0) is 25.5 Å². The number of carbonyl (C=O) groups excluding carboxylic acids is 1. The van der Waals surface area contributed by atoms with E-state index >= 15 is 0 Å². The minimum atomic E-state index is -0.0229. The molecule has 1 rings (SSSR count). The lowest BCUT2D eigenvalue weighted by molar-refractivity contribution is -0.118. The van der Waals surface area contributed by atoms with Gasteiger partial charge in [0.25, 0.3) is 0 Å². The predicted molar refractivity (Wildman–Crippen MR) is 69.9 cm³/mol. The molecule has 4 heteroatoms. The monoisotopic (exact) mass is 248 g/mol. The number of benzene rings is 1. The van der Waals surface area contributed by atoms with Gasteiger partial charge < -0.3 is 5.32 Å². The fourth-order valence-electron chi connectivity index (χ4n) is 1.41. The smallest absolute Gasteiger partial charge is 0.230 e. The second-order valence-electron chi connectivity index (χ2n) is 3.82.